The molecule has 0 radical (unpaired) electrons. The summed E-state index contributed by atoms with van der Waals surface area (Å²) in [6, 6.07) is 8.26. The van der Waals surface area contributed by atoms with Crippen LogP contribution in [0.15, 0.2) is 24.3 Å². The van der Waals surface area contributed by atoms with Gasteiger partial charge in [0.15, 0.2) is 0 Å². The van der Waals surface area contributed by atoms with Crippen LogP contribution in [0.1, 0.15) is 40.2 Å². The molecule has 0 aliphatic heterocycles. The van der Waals surface area contributed by atoms with Crippen molar-refractivity contribution in [1.29, 1.82) is 0 Å². The Morgan fingerprint density at radius 2 is 1.70 bits per heavy atom. The zero-order chi connectivity index (χ0) is 15.4. The molecule has 1 aromatic rings. The van der Waals surface area contributed by atoms with Crippen LogP contribution in [-0.2, 0) is 5.54 Å². The van der Waals surface area contributed by atoms with E-state index in [-0.39, 0.29) is 11.1 Å². The quantitative estimate of drug-likeness (QED) is 0.864. The summed E-state index contributed by atoms with van der Waals surface area (Å²) < 4.78 is 5.50. The molecule has 0 heterocycles. The molecule has 0 unspecified atom stereocenters. The summed E-state index contributed by atoms with van der Waals surface area (Å²) in [6.07, 6.45) is 0. The van der Waals surface area contributed by atoms with Crippen molar-refractivity contribution in [3.8, 4) is 5.75 Å². The first-order valence-electron chi connectivity index (χ1n) is 7.28. The number of ether oxygens (including phenoxy) is 1. The number of rotatable bonds is 6. The van der Waals surface area contributed by atoms with Gasteiger partial charge >= 0.3 is 0 Å². The Bertz CT molecular complexity index is 421. The van der Waals surface area contributed by atoms with Crippen LogP contribution < -0.4 is 10.1 Å². The van der Waals surface area contributed by atoms with Gasteiger partial charge in [-0.05, 0) is 47.7 Å². The number of hydrogen-bond acceptors (Lipinski definition) is 3. The lowest BCUT2D eigenvalue weighted by molar-refractivity contribution is 0.149. The largest absolute Gasteiger partial charge is 0.496 e. The van der Waals surface area contributed by atoms with Gasteiger partial charge in [-0.2, -0.15) is 0 Å². The van der Waals surface area contributed by atoms with E-state index in [1.807, 2.05) is 12.1 Å². The van der Waals surface area contributed by atoms with E-state index in [0.29, 0.717) is 0 Å². The lowest BCUT2D eigenvalue weighted by Crippen LogP contribution is -2.45. The van der Waals surface area contributed by atoms with Gasteiger partial charge in [-0.15, -0.1) is 0 Å². The first-order chi connectivity index (χ1) is 9.18. The Labute approximate surface area is 124 Å². The van der Waals surface area contributed by atoms with Crippen molar-refractivity contribution in [1.82, 2.24) is 10.2 Å². The highest BCUT2D eigenvalue weighted by atomic mass is 16.5. The summed E-state index contributed by atoms with van der Waals surface area (Å²) in [5, 5.41) is 3.53. The Morgan fingerprint density at radius 1 is 1.10 bits per heavy atom. The fraction of sp³-hybridized carbons (Fsp3) is 0.647. The molecule has 1 aromatic carbocycles. The number of hydrogen-bond donors (Lipinski definition) is 1. The molecule has 1 rings (SSSR count). The number of nitrogens with one attached hydrogen (secondary N) is 1. The minimum Gasteiger partial charge on any atom is -0.496 e. The first kappa shape index (κ1) is 17.0. The van der Waals surface area contributed by atoms with Gasteiger partial charge in [0.05, 0.1) is 7.11 Å². The highest BCUT2D eigenvalue weighted by Gasteiger charge is 2.28. The molecular weight excluding hydrogens is 248 g/mol. The SMILES string of the molecule is COc1ccccc1C(C)(C)N(C)CCNC(C)(C)C. The molecule has 3 heteroatoms. The average molecular weight is 278 g/mol. The molecule has 0 aromatic heterocycles. The van der Waals surface area contributed by atoms with Gasteiger partial charge in [0, 0.05) is 29.7 Å². The van der Waals surface area contributed by atoms with Crippen molar-refractivity contribution in [3.63, 3.8) is 0 Å². The predicted molar refractivity (Wildman–Crippen MR) is 86.4 cm³/mol. The summed E-state index contributed by atoms with van der Waals surface area (Å²) >= 11 is 0. The van der Waals surface area contributed by atoms with E-state index in [0.717, 1.165) is 18.8 Å². The number of benzene rings is 1. The summed E-state index contributed by atoms with van der Waals surface area (Å²) in [7, 11) is 3.90. The number of para-hydroxylation sites is 1. The molecule has 0 fully saturated rings. The van der Waals surface area contributed by atoms with E-state index in [9.17, 15) is 0 Å². The van der Waals surface area contributed by atoms with Gasteiger partial charge in [0.1, 0.15) is 5.75 Å². The first-order valence-corrected chi connectivity index (χ1v) is 7.28. The normalized spacial score (nSPS) is 12.8. The number of likely N-dealkylation sites (N-methyl/N-ethyl adjacent to an activating group) is 1. The Balaban J connectivity index is 2.76. The van der Waals surface area contributed by atoms with Gasteiger partial charge in [-0.25, -0.2) is 0 Å². The molecule has 0 atom stereocenters. The van der Waals surface area contributed by atoms with Crippen LogP contribution in [0.2, 0.25) is 0 Å². The van der Waals surface area contributed by atoms with E-state index in [1.54, 1.807) is 7.11 Å². The molecule has 20 heavy (non-hydrogen) atoms. The van der Waals surface area contributed by atoms with Gasteiger partial charge in [0.25, 0.3) is 0 Å². The summed E-state index contributed by atoms with van der Waals surface area (Å²) in [4.78, 5) is 2.36. The summed E-state index contributed by atoms with van der Waals surface area (Å²) in [5.41, 5.74) is 1.32. The minimum absolute atomic E-state index is 0.0633. The number of methoxy groups -OCH3 is 1. The molecule has 1 N–H and O–H groups in total. The third kappa shape index (κ3) is 4.50. The van der Waals surface area contributed by atoms with Crippen LogP contribution in [0.25, 0.3) is 0 Å². The van der Waals surface area contributed by atoms with Crippen LogP contribution in [0.4, 0.5) is 0 Å². The van der Waals surface area contributed by atoms with E-state index in [2.05, 4.69) is 64.0 Å². The maximum atomic E-state index is 5.50. The van der Waals surface area contributed by atoms with Gasteiger partial charge in [-0.1, -0.05) is 18.2 Å². The van der Waals surface area contributed by atoms with Gasteiger partial charge in [0.2, 0.25) is 0 Å². The maximum Gasteiger partial charge on any atom is 0.123 e. The van der Waals surface area contributed by atoms with Crippen molar-refractivity contribution in [2.24, 2.45) is 0 Å². The van der Waals surface area contributed by atoms with Crippen molar-refractivity contribution in [2.75, 3.05) is 27.2 Å². The maximum absolute atomic E-state index is 5.50. The van der Waals surface area contributed by atoms with Crippen molar-refractivity contribution < 1.29 is 4.74 Å². The highest BCUT2D eigenvalue weighted by molar-refractivity contribution is 5.38. The molecule has 0 aliphatic carbocycles. The molecule has 0 aliphatic rings. The van der Waals surface area contributed by atoms with Gasteiger partial charge in [-0.3, -0.25) is 4.90 Å². The van der Waals surface area contributed by atoms with Crippen molar-refractivity contribution in [3.05, 3.63) is 29.8 Å². The Kier molecular flexibility index (Phi) is 5.60. The lowest BCUT2D eigenvalue weighted by Gasteiger charge is -2.37. The monoisotopic (exact) mass is 278 g/mol. The van der Waals surface area contributed by atoms with Crippen molar-refractivity contribution in [2.45, 2.75) is 45.7 Å². The Hall–Kier alpha value is -1.06. The minimum atomic E-state index is -0.0633. The van der Waals surface area contributed by atoms with Crippen LogP contribution in [-0.4, -0.2) is 37.7 Å². The average Bonchev–Trinajstić information content (AvgIpc) is 2.37. The summed E-state index contributed by atoms with van der Waals surface area (Å²) in [5.74, 6) is 0.952. The zero-order valence-corrected chi connectivity index (χ0v) is 14.1. The fourth-order valence-corrected chi connectivity index (χ4v) is 2.23. The molecule has 0 saturated heterocycles. The van der Waals surface area contributed by atoms with Crippen LogP contribution in [0, 0.1) is 0 Å². The standard InChI is InChI=1S/C17H30N2O/c1-16(2,3)18-12-13-19(6)17(4,5)14-10-8-9-11-15(14)20-7/h8-11,18H,12-13H2,1-7H3. The predicted octanol–water partition coefficient (Wildman–Crippen LogP) is 3.25. The second-order valence-electron chi connectivity index (χ2n) is 6.86. The van der Waals surface area contributed by atoms with Crippen molar-refractivity contribution >= 4 is 0 Å². The molecule has 0 amide bonds. The molecular formula is C17H30N2O. The van der Waals surface area contributed by atoms with E-state index in [1.165, 1.54) is 5.56 Å². The van der Waals surface area contributed by atoms with Crippen LogP contribution in [0.5, 0.6) is 5.75 Å². The second kappa shape index (κ2) is 6.59. The lowest BCUT2D eigenvalue weighted by atomic mass is 9.91. The molecule has 114 valence electrons. The molecule has 0 spiro atoms. The summed E-state index contributed by atoms with van der Waals surface area (Å²) in [6.45, 7) is 13.0. The van der Waals surface area contributed by atoms with Crippen LogP contribution >= 0.6 is 0 Å². The second-order valence-corrected chi connectivity index (χ2v) is 6.86. The number of nitrogens with zero attached hydrogens (tertiary/aromatic N) is 1. The fourth-order valence-electron chi connectivity index (χ4n) is 2.23. The third-order valence-electron chi connectivity index (χ3n) is 3.82. The molecule has 0 saturated carbocycles. The van der Waals surface area contributed by atoms with E-state index < -0.39 is 0 Å². The smallest absolute Gasteiger partial charge is 0.123 e. The van der Waals surface area contributed by atoms with E-state index in [4.69, 9.17) is 4.74 Å². The molecule has 0 bridgehead atoms. The van der Waals surface area contributed by atoms with Gasteiger partial charge < -0.3 is 10.1 Å². The van der Waals surface area contributed by atoms with Crippen LogP contribution in [0.3, 0.4) is 0 Å². The zero-order valence-electron chi connectivity index (χ0n) is 14.1. The Morgan fingerprint density at radius 3 is 2.25 bits per heavy atom. The topological polar surface area (TPSA) is 24.5 Å². The third-order valence-corrected chi connectivity index (χ3v) is 3.82. The molecule has 3 nitrogen and oxygen atoms in total. The van der Waals surface area contributed by atoms with E-state index >= 15 is 0 Å². The highest BCUT2D eigenvalue weighted by Crippen LogP contribution is 2.33.